The van der Waals surface area contributed by atoms with Crippen LogP contribution in [0.15, 0.2) is 23.1 Å². The van der Waals surface area contributed by atoms with E-state index in [1.165, 1.54) is 16.4 Å². The lowest BCUT2D eigenvalue weighted by Crippen LogP contribution is -2.55. The molecule has 0 radical (unpaired) electrons. The maximum atomic E-state index is 13.7. The molecular weight excluding hydrogens is 355 g/mol. The Balaban J connectivity index is 1.60. The lowest BCUT2D eigenvalue weighted by atomic mass is 9.74. The SMILES string of the molecule is Cc1ccc(F)cc1S(=O)(=O)N1CCC[C@@]2(CCC(=O)N(C3CC3)C2)C1. The lowest BCUT2D eigenvalue weighted by Gasteiger charge is -2.48. The molecule has 142 valence electrons. The summed E-state index contributed by atoms with van der Waals surface area (Å²) in [6.07, 6.45) is 5.09. The van der Waals surface area contributed by atoms with Gasteiger partial charge in [0.05, 0.1) is 4.90 Å². The van der Waals surface area contributed by atoms with Gasteiger partial charge < -0.3 is 4.90 Å². The molecule has 2 heterocycles. The van der Waals surface area contributed by atoms with E-state index >= 15 is 0 Å². The van der Waals surface area contributed by atoms with Crippen molar-refractivity contribution < 1.29 is 17.6 Å². The van der Waals surface area contributed by atoms with E-state index in [1.54, 1.807) is 6.92 Å². The van der Waals surface area contributed by atoms with Crippen LogP contribution in [0.3, 0.4) is 0 Å². The molecule has 1 amide bonds. The quantitative estimate of drug-likeness (QED) is 0.810. The Morgan fingerprint density at radius 1 is 1.19 bits per heavy atom. The zero-order valence-electron chi connectivity index (χ0n) is 15.1. The Morgan fingerprint density at radius 3 is 2.69 bits per heavy atom. The second-order valence-corrected chi connectivity index (χ2v) is 10.0. The van der Waals surface area contributed by atoms with Crippen molar-refractivity contribution in [2.45, 2.75) is 56.4 Å². The van der Waals surface area contributed by atoms with E-state index in [2.05, 4.69) is 0 Å². The van der Waals surface area contributed by atoms with Crippen LogP contribution in [0.2, 0.25) is 0 Å². The van der Waals surface area contributed by atoms with Crippen LogP contribution in [0.1, 0.15) is 44.1 Å². The predicted octanol–water partition coefficient (Wildman–Crippen LogP) is 2.69. The molecular formula is C19H25FN2O3S. The van der Waals surface area contributed by atoms with Crippen LogP contribution in [0, 0.1) is 18.2 Å². The minimum atomic E-state index is -3.74. The van der Waals surface area contributed by atoms with Crippen LogP contribution in [-0.4, -0.2) is 49.2 Å². The third kappa shape index (κ3) is 3.16. The second-order valence-electron chi connectivity index (χ2n) is 8.10. The number of hydrogen-bond acceptors (Lipinski definition) is 3. The van der Waals surface area contributed by atoms with Crippen LogP contribution >= 0.6 is 0 Å². The summed E-state index contributed by atoms with van der Waals surface area (Å²) >= 11 is 0. The highest BCUT2D eigenvalue weighted by atomic mass is 32.2. The Bertz CT molecular complexity index is 837. The van der Waals surface area contributed by atoms with Crippen molar-refractivity contribution in [1.82, 2.24) is 9.21 Å². The molecule has 0 bridgehead atoms. The zero-order valence-corrected chi connectivity index (χ0v) is 15.9. The first kappa shape index (κ1) is 17.9. The second kappa shape index (κ2) is 6.30. The van der Waals surface area contributed by atoms with E-state index in [9.17, 15) is 17.6 Å². The van der Waals surface area contributed by atoms with E-state index in [1.807, 2.05) is 4.90 Å². The van der Waals surface area contributed by atoms with E-state index in [0.29, 0.717) is 37.7 Å². The Hall–Kier alpha value is -1.47. The number of sulfonamides is 1. The van der Waals surface area contributed by atoms with Gasteiger partial charge >= 0.3 is 0 Å². The maximum absolute atomic E-state index is 13.7. The number of aryl methyl sites for hydroxylation is 1. The number of nitrogens with zero attached hydrogens (tertiary/aromatic N) is 2. The van der Waals surface area contributed by atoms with Crippen molar-refractivity contribution in [3.63, 3.8) is 0 Å². The van der Waals surface area contributed by atoms with Gasteiger partial charge in [-0.15, -0.1) is 0 Å². The van der Waals surface area contributed by atoms with Gasteiger partial charge in [-0.1, -0.05) is 6.07 Å². The van der Waals surface area contributed by atoms with Crippen LogP contribution in [-0.2, 0) is 14.8 Å². The van der Waals surface area contributed by atoms with Gasteiger partial charge in [-0.3, -0.25) is 4.79 Å². The summed E-state index contributed by atoms with van der Waals surface area (Å²) in [5.74, 6) is -0.330. The predicted molar refractivity (Wildman–Crippen MR) is 95.5 cm³/mol. The number of carbonyl (C=O) groups is 1. The lowest BCUT2D eigenvalue weighted by molar-refractivity contribution is -0.139. The Labute approximate surface area is 154 Å². The highest BCUT2D eigenvalue weighted by molar-refractivity contribution is 7.89. The topological polar surface area (TPSA) is 57.7 Å². The van der Waals surface area contributed by atoms with Crippen molar-refractivity contribution >= 4 is 15.9 Å². The first-order valence-corrected chi connectivity index (χ1v) is 10.8. The zero-order chi connectivity index (χ0) is 18.5. The van der Waals surface area contributed by atoms with Crippen molar-refractivity contribution in [1.29, 1.82) is 0 Å². The number of halogens is 1. The molecule has 0 N–H and O–H groups in total. The summed E-state index contributed by atoms with van der Waals surface area (Å²) < 4.78 is 41.5. The average Bonchev–Trinajstić information content (AvgIpc) is 3.44. The fraction of sp³-hybridized carbons (Fsp3) is 0.632. The summed E-state index contributed by atoms with van der Waals surface area (Å²) in [6, 6.07) is 4.27. The van der Waals surface area contributed by atoms with Gasteiger partial charge in [0.25, 0.3) is 0 Å². The normalized spacial score (nSPS) is 27.9. The van der Waals surface area contributed by atoms with Crippen LogP contribution in [0.25, 0.3) is 0 Å². The number of hydrogen-bond donors (Lipinski definition) is 0. The van der Waals surface area contributed by atoms with Gasteiger partial charge in [-0.05, 0) is 56.7 Å². The van der Waals surface area contributed by atoms with Crippen molar-refractivity contribution in [2.75, 3.05) is 19.6 Å². The van der Waals surface area contributed by atoms with Gasteiger partial charge in [0.1, 0.15) is 5.82 Å². The minimum absolute atomic E-state index is 0.0560. The third-order valence-electron chi connectivity index (χ3n) is 6.08. The number of benzene rings is 1. The smallest absolute Gasteiger partial charge is 0.243 e. The molecule has 0 unspecified atom stereocenters. The number of rotatable bonds is 3. The van der Waals surface area contributed by atoms with E-state index in [0.717, 1.165) is 38.2 Å². The Morgan fingerprint density at radius 2 is 1.96 bits per heavy atom. The highest BCUT2D eigenvalue weighted by Gasteiger charge is 2.47. The molecule has 1 aromatic carbocycles. The molecule has 0 aromatic heterocycles. The van der Waals surface area contributed by atoms with Gasteiger partial charge in [0.15, 0.2) is 0 Å². The minimum Gasteiger partial charge on any atom is -0.339 e. The number of carbonyl (C=O) groups excluding carboxylic acids is 1. The monoisotopic (exact) mass is 380 g/mol. The molecule has 1 aliphatic carbocycles. The molecule has 3 aliphatic rings. The molecule has 1 saturated carbocycles. The average molecular weight is 380 g/mol. The molecule has 2 saturated heterocycles. The van der Waals surface area contributed by atoms with Crippen LogP contribution < -0.4 is 0 Å². The molecule has 5 nitrogen and oxygen atoms in total. The first-order valence-electron chi connectivity index (χ1n) is 9.37. The van der Waals surface area contributed by atoms with Crippen LogP contribution in [0.4, 0.5) is 4.39 Å². The van der Waals surface area contributed by atoms with Gasteiger partial charge in [0.2, 0.25) is 15.9 Å². The molecule has 4 rings (SSSR count). The molecule has 1 aromatic rings. The van der Waals surface area contributed by atoms with Crippen molar-refractivity contribution in [3.8, 4) is 0 Å². The molecule has 1 atom stereocenters. The molecule has 2 aliphatic heterocycles. The molecule has 7 heteroatoms. The summed E-state index contributed by atoms with van der Waals surface area (Å²) in [7, 11) is -3.74. The highest BCUT2D eigenvalue weighted by Crippen LogP contribution is 2.43. The Kier molecular flexibility index (Phi) is 4.34. The largest absolute Gasteiger partial charge is 0.339 e. The standard InChI is InChI=1S/C19H25FN2O3S/c1-14-3-4-15(20)11-17(14)26(24,25)21-10-2-8-19(12-21)9-7-18(23)22(13-19)16-5-6-16/h3-4,11,16H,2,5-10,12-13H2,1H3/t19-/m1/s1. The maximum Gasteiger partial charge on any atom is 0.243 e. The van der Waals surface area contributed by atoms with Crippen molar-refractivity contribution in [2.24, 2.45) is 5.41 Å². The van der Waals surface area contributed by atoms with E-state index < -0.39 is 15.8 Å². The number of piperidine rings is 2. The first-order chi connectivity index (χ1) is 12.3. The van der Waals surface area contributed by atoms with Crippen molar-refractivity contribution in [3.05, 3.63) is 29.6 Å². The van der Waals surface area contributed by atoms with Gasteiger partial charge in [0, 0.05) is 37.5 Å². The van der Waals surface area contributed by atoms with Crippen LogP contribution in [0.5, 0.6) is 0 Å². The van der Waals surface area contributed by atoms with Gasteiger partial charge in [-0.25, -0.2) is 12.8 Å². The van der Waals surface area contributed by atoms with Gasteiger partial charge in [-0.2, -0.15) is 4.31 Å². The number of likely N-dealkylation sites (tertiary alicyclic amines) is 1. The van der Waals surface area contributed by atoms with E-state index in [-0.39, 0.29) is 16.2 Å². The fourth-order valence-corrected chi connectivity index (χ4v) is 6.28. The third-order valence-corrected chi connectivity index (χ3v) is 8.06. The summed E-state index contributed by atoms with van der Waals surface area (Å²) in [4.78, 5) is 14.3. The fourth-order valence-electron chi connectivity index (χ4n) is 4.46. The summed E-state index contributed by atoms with van der Waals surface area (Å²) in [5.41, 5.74) is 0.396. The molecule has 26 heavy (non-hydrogen) atoms. The number of amides is 1. The summed E-state index contributed by atoms with van der Waals surface area (Å²) in [6.45, 7) is 3.23. The molecule has 3 fully saturated rings. The summed E-state index contributed by atoms with van der Waals surface area (Å²) in [5, 5.41) is 0. The van der Waals surface area contributed by atoms with E-state index in [4.69, 9.17) is 0 Å². The molecule has 1 spiro atoms.